The van der Waals surface area contributed by atoms with E-state index in [9.17, 15) is 0 Å². The van der Waals surface area contributed by atoms with Gasteiger partial charge >= 0.3 is 0 Å². The molecule has 0 spiro atoms. The van der Waals surface area contributed by atoms with Gasteiger partial charge in [-0.15, -0.1) is 0 Å². The third-order valence-electron chi connectivity index (χ3n) is 3.17. The summed E-state index contributed by atoms with van der Waals surface area (Å²) in [6.45, 7) is 8.66. The zero-order valence-electron chi connectivity index (χ0n) is 12.1. The maximum absolute atomic E-state index is 3.65. The number of rotatable bonds is 6. The summed E-state index contributed by atoms with van der Waals surface area (Å²) in [6.07, 6.45) is 0. The number of likely N-dealkylation sites (N-methyl/N-ethyl adjacent to an activating group) is 1. The van der Waals surface area contributed by atoms with E-state index < -0.39 is 0 Å². The predicted octanol–water partition coefficient (Wildman–Crippen LogP) is 3.43. The van der Waals surface area contributed by atoms with Gasteiger partial charge in [0.05, 0.1) is 0 Å². The molecule has 0 aliphatic rings. The molecule has 0 bridgehead atoms. The smallest absolute Gasteiger partial charge is 0.0220 e. The van der Waals surface area contributed by atoms with Gasteiger partial charge in [-0.05, 0) is 44.1 Å². The molecule has 1 rings (SSSR count). The highest BCUT2D eigenvalue weighted by molar-refractivity contribution is 9.10. The number of nitrogens with one attached hydrogen (secondary N) is 1. The molecular weight excluding hydrogens is 288 g/mol. The Morgan fingerprint density at radius 2 is 1.94 bits per heavy atom. The van der Waals surface area contributed by atoms with Crippen molar-refractivity contribution in [3.63, 3.8) is 0 Å². The van der Waals surface area contributed by atoms with E-state index in [0.717, 1.165) is 13.1 Å². The summed E-state index contributed by atoms with van der Waals surface area (Å²) >= 11 is 3.59. The first kappa shape index (κ1) is 15.7. The number of nitrogens with zero attached hydrogens (tertiary/aromatic N) is 1. The third kappa shape index (κ3) is 5.09. The van der Waals surface area contributed by atoms with E-state index in [4.69, 9.17) is 0 Å². The lowest BCUT2D eigenvalue weighted by Crippen LogP contribution is -2.41. The van der Waals surface area contributed by atoms with Crippen molar-refractivity contribution in [3.05, 3.63) is 33.8 Å². The molecule has 18 heavy (non-hydrogen) atoms. The normalized spacial score (nSPS) is 13.3. The SMILES string of the molecule is Cc1ccc(CNC(CN(C)C)C(C)C)cc1Br. The predicted molar refractivity (Wildman–Crippen MR) is 82.9 cm³/mol. The molecule has 1 aromatic carbocycles. The Morgan fingerprint density at radius 1 is 1.28 bits per heavy atom. The van der Waals surface area contributed by atoms with Crippen LogP contribution in [-0.2, 0) is 6.54 Å². The van der Waals surface area contributed by atoms with Crippen LogP contribution in [0.1, 0.15) is 25.0 Å². The number of hydrogen-bond donors (Lipinski definition) is 1. The third-order valence-corrected chi connectivity index (χ3v) is 4.03. The van der Waals surface area contributed by atoms with Gasteiger partial charge in [-0.2, -0.15) is 0 Å². The largest absolute Gasteiger partial charge is 0.308 e. The first-order valence-electron chi connectivity index (χ1n) is 6.53. The second-order valence-electron chi connectivity index (χ2n) is 5.58. The van der Waals surface area contributed by atoms with Crippen LogP contribution in [0.3, 0.4) is 0 Å². The summed E-state index contributed by atoms with van der Waals surface area (Å²) in [5, 5.41) is 3.65. The van der Waals surface area contributed by atoms with E-state index in [-0.39, 0.29) is 0 Å². The van der Waals surface area contributed by atoms with Crippen molar-refractivity contribution in [2.75, 3.05) is 20.6 Å². The Kier molecular flexibility index (Phi) is 6.33. The van der Waals surface area contributed by atoms with Crippen LogP contribution >= 0.6 is 15.9 Å². The van der Waals surface area contributed by atoms with Crippen LogP contribution < -0.4 is 5.32 Å². The molecule has 102 valence electrons. The van der Waals surface area contributed by atoms with E-state index in [1.807, 2.05) is 0 Å². The average Bonchev–Trinajstić information content (AvgIpc) is 2.28. The van der Waals surface area contributed by atoms with Crippen LogP contribution in [0, 0.1) is 12.8 Å². The Balaban J connectivity index is 2.58. The molecule has 1 N–H and O–H groups in total. The molecular formula is C15H25BrN2. The molecule has 0 aromatic heterocycles. The second-order valence-corrected chi connectivity index (χ2v) is 6.43. The molecule has 2 nitrogen and oxygen atoms in total. The van der Waals surface area contributed by atoms with E-state index in [1.165, 1.54) is 15.6 Å². The van der Waals surface area contributed by atoms with Gasteiger partial charge < -0.3 is 10.2 Å². The summed E-state index contributed by atoms with van der Waals surface area (Å²) in [5.74, 6) is 0.640. The van der Waals surface area contributed by atoms with Gasteiger partial charge in [0, 0.05) is 23.6 Å². The molecule has 1 aromatic rings. The minimum absolute atomic E-state index is 0.528. The molecule has 1 atom stereocenters. The topological polar surface area (TPSA) is 15.3 Å². The molecule has 0 radical (unpaired) electrons. The quantitative estimate of drug-likeness (QED) is 0.865. The van der Waals surface area contributed by atoms with Gasteiger partial charge in [-0.3, -0.25) is 0 Å². The van der Waals surface area contributed by atoms with Crippen LogP contribution in [0.15, 0.2) is 22.7 Å². The Hall–Kier alpha value is -0.380. The summed E-state index contributed by atoms with van der Waals surface area (Å²) in [5.41, 5.74) is 2.62. The lowest BCUT2D eigenvalue weighted by molar-refractivity contribution is 0.288. The van der Waals surface area contributed by atoms with Gasteiger partial charge in [0.2, 0.25) is 0 Å². The molecule has 0 fully saturated rings. The zero-order valence-corrected chi connectivity index (χ0v) is 13.7. The van der Waals surface area contributed by atoms with Crippen molar-refractivity contribution in [3.8, 4) is 0 Å². The highest BCUT2D eigenvalue weighted by atomic mass is 79.9. The van der Waals surface area contributed by atoms with Crippen molar-refractivity contribution in [2.24, 2.45) is 5.92 Å². The second kappa shape index (κ2) is 7.27. The van der Waals surface area contributed by atoms with Crippen LogP contribution in [0.25, 0.3) is 0 Å². The van der Waals surface area contributed by atoms with Gasteiger partial charge in [0.1, 0.15) is 0 Å². The number of hydrogen-bond acceptors (Lipinski definition) is 2. The molecule has 1 unspecified atom stereocenters. The molecule has 0 amide bonds. The van der Waals surface area contributed by atoms with Crippen molar-refractivity contribution >= 4 is 15.9 Å². The molecule has 0 saturated carbocycles. The average molecular weight is 313 g/mol. The van der Waals surface area contributed by atoms with Crippen LogP contribution in [-0.4, -0.2) is 31.6 Å². The van der Waals surface area contributed by atoms with Crippen molar-refractivity contribution in [1.82, 2.24) is 10.2 Å². The van der Waals surface area contributed by atoms with Gasteiger partial charge in [-0.1, -0.05) is 41.9 Å². The monoisotopic (exact) mass is 312 g/mol. The number of aryl methyl sites for hydroxylation is 1. The summed E-state index contributed by atoms with van der Waals surface area (Å²) < 4.78 is 1.19. The van der Waals surface area contributed by atoms with Crippen molar-refractivity contribution in [1.29, 1.82) is 0 Å². The minimum atomic E-state index is 0.528. The minimum Gasteiger partial charge on any atom is -0.308 e. The number of halogens is 1. The Morgan fingerprint density at radius 3 is 2.44 bits per heavy atom. The van der Waals surface area contributed by atoms with E-state index in [0.29, 0.717) is 12.0 Å². The molecule has 3 heteroatoms. The first-order valence-corrected chi connectivity index (χ1v) is 7.32. The maximum atomic E-state index is 3.65. The fourth-order valence-electron chi connectivity index (χ4n) is 1.90. The van der Waals surface area contributed by atoms with Crippen molar-refractivity contribution < 1.29 is 0 Å². The molecule has 0 aliphatic carbocycles. The summed E-state index contributed by atoms with van der Waals surface area (Å²) in [6, 6.07) is 7.09. The van der Waals surface area contributed by atoms with Gasteiger partial charge in [0.25, 0.3) is 0 Å². The molecule has 0 heterocycles. The summed E-state index contributed by atoms with van der Waals surface area (Å²) in [4.78, 5) is 2.24. The van der Waals surface area contributed by atoms with E-state index >= 15 is 0 Å². The van der Waals surface area contributed by atoms with E-state index in [1.54, 1.807) is 0 Å². The Bertz CT molecular complexity index is 375. The van der Waals surface area contributed by atoms with Gasteiger partial charge in [-0.25, -0.2) is 0 Å². The standard InChI is InChI=1S/C15H25BrN2/c1-11(2)15(10-18(4)5)17-9-13-7-6-12(3)14(16)8-13/h6-8,11,15,17H,9-10H2,1-5H3. The Labute approximate surface area is 120 Å². The van der Waals surface area contributed by atoms with Gasteiger partial charge in [0.15, 0.2) is 0 Å². The number of benzene rings is 1. The van der Waals surface area contributed by atoms with Crippen LogP contribution in [0.2, 0.25) is 0 Å². The zero-order chi connectivity index (χ0) is 13.7. The van der Waals surface area contributed by atoms with Crippen molar-refractivity contribution in [2.45, 2.75) is 33.4 Å². The first-order chi connectivity index (χ1) is 8.40. The fourth-order valence-corrected chi connectivity index (χ4v) is 2.33. The lowest BCUT2D eigenvalue weighted by Gasteiger charge is -2.26. The highest BCUT2D eigenvalue weighted by Crippen LogP contribution is 2.17. The molecule has 0 aliphatic heterocycles. The fraction of sp³-hybridized carbons (Fsp3) is 0.600. The highest BCUT2D eigenvalue weighted by Gasteiger charge is 2.13. The summed E-state index contributed by atoms with van der Waals surface area (Å²) in [7, 11) is 4.25. The maximum Gasteiger partial charge on any atom is 0.0220 e. The molecule has 0 saturated heterocycles. The van der Waals surface area contributed by atoms with Crippen LogP contribution in [0.4, 0.5) is 0 Å². The van der Waals surface area contributed by atoms with Crippen LogP contribution in [0.5, 0.6) is 0 Å². The van der Waals surface area contributed by atoms with E-state index in [2.05, 4.69) is 79.2 Å². The lowest BCUT2D eigenvalue weighted by atomic mass is 10.0.